The highest BCUT2D eigenvalue weighted by molar-refractivity contribution is 5.69. The van der Waals surface area contributed by atoms with Crippen LogP contribution < -0.4 is 0 Å². The van der Waals surface area contributed by atoms with E-state index in [-0.39, 0.29) is 58.6 Å². The van der Waals surface area contributed by atoms with Crippen molar-refractivity contribution < 1.29 is 62.2 Å². The number of allylic oxidation sites excluding steroid dienone is 2. The maximum atomic E-state index is 12.8. The van der Waals surface area contributed by atoms with Crippen LogP contribution in [0.15, 0.2) is 11.6 Å². The topological polar surface area (TPSA) is 170 Å². The van der Waals surface area contributed by atoms with E-state index in [9.17, 15) is 29.1 Å². The van der Waals surface area contributed by atoms with Crippen molar-refractivity contribution in [3.8, 4) is 0 Å². The molecule has 5 rings (SSSR count). The van der Waals surface area contributed by atoms with Gasteiger partial charge in [0.15, 0.2) is 24.6 Å². The summed E-state index contributed by atoms with van der Waals surface area (Å²) in [4.78, 5) is 62.1. The van der Waals surface area contributed by atoms with Gasteiger partial charge in [0, 0.05) is 40.5 Å². The van der Waals surface area contributed by atoms with Gasteiger partial charge < -0.3 is 38.3 Å². The third kappa shape index (κ3) is 9.42. The van der Waals surface area contributed by atoms with Gasteiger partial charge in [-0.2, -0.15) is 0 Å². The molecule has 13 nitrogen and oxygen atoms in total. The predicted octanol–water partition coefficient (Wildman–Crippen LogP) is 7.18. The summed E-state index contributed by atoms with van der Waals surface area (Å²) in [5, 5.41) is 10.4. The van der Waals surface area contributed by atoms with Gasteiger partial charge in [-0.1, -0.05) is 46.3 Å². The maximum absolute atomic E-state index is 12.8. The highest BCUT2D eigenvalue weighted by Gasteiger charge is 2.71. The number of carbonyl (C=O) groups is 5. The molecule has 5 fully saturated rings. The van der Waals surface area contributed by atoms with Crippen LogP contribution in [0.2, 0.25) is 0 Å². The molecule has 14 atom stereocenters. The molecule has 13 heteroatoms. The molecule has 1 heterocycles. The van der Waals surface area contributed by atoms with E-state index in [1.165, 1.54) is 40.2 Å². The second-order valence-electron chi connectivity index (χ2n) is 20.4. The Kier molecular flexibility index (Phi) is 13.9. The van der Waals surface area contributed by atoms with Crippen LogP contribution in [0.3, 0.4) is 0 Å². The van der Waals surface area contributed by atoms with E-state index in [1.54, 1.807) is 0 Å². The van der Waals surface area contributed by atoms with E-state index in [0.29, 0.717) is 12.8 Å². The van der Waals surface area contributed by atoms with E-state index >= 15 is 0 Å². The molecule has 5 aliphatic rings. The number of fused-ring (bicyclic) bond motifs is 5. The second kappa shape index (κ2) is 17.4. The molecule has 0 radical (unpaired) electrons. The van der Waals surface area contributed by atoms with E-state index in [4.69, 9.17) is 33.2 Å². The normalized spacial score (nSPS) is 40.4. The van der Waals surface area contributed by atoms with Gasteiger partial charge in [0.05, 0.1) is 11.7 Å². The van der Waals surface area contributed by atoms with Crippen molar-refractivity contribution in [1.82, 2.24) is 0 Å². The molecule has 1 N–H and O–H groups in total. The first-order valence-electron chi connectivity index (χ1n) is 21.8. The van der Waals surface area contributed by atoms with Gasteiger partial charge >= 0.3 is 29.8 Å². The average molecular weight is 833 g/mol. The van der Waals surface area contributed by atoms with Crippen molar-refractivity contribution in [3.63, 3.8) is 0 Å². The van der Waals surface area contributed by atoms with Crippen molar-refractivity contribution >= 4 is 29.8 Å². The molecule has 334 valence electrons. The standard InChI is InChI=1S/C46H72O13/c1-25(15-14-19-42(7,8)52)31-16-21-46(13)37(31)32(54-27(3)48)23-35-44(11)20-18-36(43(9,10)34(44)17-22-45(35,46)12)59-41-40(57-30(6)51)39(56-29(5)50)38(55-28(4)49)33(58-41)24-53-26(2)47/h15,31-41,52H,14,16-24H2,1-13H3/b25-15+/t31-,32-,33-,34+,35-,36+,37+,38-,39+,40-,41+,44+,45-,46-/m1/s1. The number of hydrogen-bond acceptors (Lipinski definition) is 13. The lowest BCUT2D eigenvalue weighted by atomic mass is 9.35. The van der Waals surface area contributed by atoms with Gasteiger partial charge in [0.2, 0.25) is 0 Å². The Labute approximate surface area is 351 Å². The van der Waals surface area contributed by atoms with Crippen molar-refractivity contribution in [1.29, 1.82) is 0 Å². The lowest BCUT2D eigenvalue weighted by Crippen LogP contribution is -2.67. The fourth-order valence-electron chi connectivity index (χ4n) is 13.1. The number of esters is 5. The molecular weight excluding hydrogens is 760 g/mol. The molecular formula is C46H72O13. The zero-order chi connectivity index (χ0) is 44.0. The highest BCUT2D eigenvalue weighted by atomic mass is 16.7. The zero-order valence-corrected chi connectivity index (χ0v) is 37.8. The molecule has 1 aliphatic heterocycles. The quantitative estimate of drug-likeness (QED) is 0.0909. The van der Waals surface area contributed by atoms with Crippen LogP contribution >= 0.6 is 0 Å². The third-order valence-corrected chi connectivity index (χ3v) is 15.7. The zero-order valence-electron chi connectivity index (χ0n) is 37.8. The first kappa shape index (κ1) is 47.0. The summed E-state index contributed by atoms with van der Waals surface area (Å²) >= 11 is 0. The van der Waals surface area contributed by atoms with Gasteiger partial charge in [0.1, 0.15) is 18.8 Å². The summed E-state index contributed by atoms with van der Waals surface area (Å²) in [5.74, 6) is -1.99. The Hall–Kier alpha value is -3.03. The fourth-order valence-corrected chi connectivity index (χ4v) is 13.1. The molecule has 0 aromatic heterocycles. The SMILES string of the molecule is CC(=O)OC[C@H]1O[C@@H](O[C@H]2CC[C@]3(C)[C@H]4C[C@@H](OC(C)=O)[C@@H]5[C@@H](/C(C)=C/CCC(C)(C)O)CC[C@@]5(C)[C@]4(C)CC[C@H]3C2(C)C)[C@H](OC(C)=O)[C@@H](OC(C)=O)[C@@H]1OC(C)=O. The van der Waals surface area contributed by atoms with E-state index in [2.05, 4.69) is 47.6 Å². The highest BCUT2D eigenvalue weighted by Crippen LogP contribution is 2.76. The number of carbonyl (C=O) groups excluding carboxylic acids is 5. The molecule has 0 aromatic rings. The molecule has 0 spiro atoms. The maximum Gasteiger partial charge on any atom is 0.303 e. The lowest BCUT2D eigenvalue weighted by molar-refractivity contribution is -0.334. The number of aliphatic hydroxyl groups is 1. The molecule has 0 unspecified atom stereocenters. The number of ether oxygens (including phenoxy) is 7. The van der Waals surface area contributed by atoms with Crippen molar-refractivity contribution in [3.05, 3.63) is 11.6 Å². The van der Waals surface area contributed by atoms with Gasteiger partial charge in [-0.25, -0.2) is 0 Å². The first-order valence-corrected chi connectivity index (χ1v) is 21.8. The van der Waals surface area contributed by atoms with Crippen LogP contribution in [0.5, 0.6) is 0 Å². The molecule has 4 saturated carbocycles. The number of hydrogen-bond donors (Lipinski definition) is 1. The fraction of sp³-hybridized carbons (Fsp3) is 0.848. The average Bonchev–Trinajstić information content (AvgIpc) is 3.46. The Morgan fingerprint density at radius 2 is 1.29 bits per heavy atom. The molecule has 1 saturated heterocycles. The third-order valence-electron chi connectivity index (χ3n) is 15.7. The van der Waals surface area contributed by atoms with Crippen molar-refractivity contribution in [2.75, 3.05) is 6.61 Å². The first-order chi connectivity index (χ1) is 27.2. The minimum Gasteiger partial charge on any atom is -0.463 e. The van der Waals surface area contributed by atoms with Crippen LogP contribution in [0.25, 0.3) is 0 Å². The molecule has 59 heavy (non-hydrogen) atoms. The second-order valence-corrected chi connectivity index (χ2v) is 20.4. The summed E-state index contributed by atoms with van der Waals surface area (Å²) in [6.07, 6.45) is 3.20. The van der Waals surface area contributed by atoms with Crippen LogP contribution in [0.4, 0.5) is 0 Å². The largest absolute Gasteiger partial charge is 0.463 e. The summed E-state index contributed by atoms with van der Waals surface area (Å²) < 4.78 is 42.0. The Bertz CT molecular complexity index is 1630. The van der Waals surface area contributed by atoms with E-state index in [0.717, 1.165) is 44.9 Å². The van der Waals surface area contributed by atoms with Gasteiger partial charge in [-0.3, -0.25) is 24.0 Å². The van der Waals surface area contributed by atoms with Crippen molar-refractivity contribution in [2.24, 2.45) is 45.3 Å². The van der Waals surface area contributed by atoms with Gasteiger partial charge in [0.25, 0.3) is 0 Å². The van der Waals surface area contributed by atoms with Crippen LogP contribution in [0, 0.1) is 45.3 Å². The molecule has 0 amide bonds. The summed E-state index contributed by atoms with van der Waals surface area (Å²) in [5.41, 5.74) is -0.0830. The lowest BCUT2D eigenvalue weighted by Gasteiger charge is -2.70. The van der Waals surface area contributed by atoms with Gasteiger partial charge in [-0.05, 0) is 118 Å². The monoisotopic (exact) mass is 832 g/mol. The Morgan fingerprint density at radius 3 is 1.86 bits per heavy atom. The molecule has 0 aromatic carbocycles. The summed E-state index contributed by atoms with van der Waals surface area (Å²) in [6, 6.07) is 0. The number of rotatable bonds is 12. The van der Waals surface area contributed by atoms with E-state index < -0.39 is 71.7 Å². The van der Waals surface area contributed by atoms with Crippen LogP contribution in [-0.2, 0) is 57.1 Å². The van der Waals surface area contributed by atoms with Crippen molar-refractivity contribution in [2.45, 2.75) is 196 Å². The van der Waals surface area contributed by atoms with Crippen LogP contribution in [-0.4, -0.2) is 90.1 Å². The summed E-state index contributed by atoms with van der Waals surface area (Å²) in [7, 11) is 0. The minimum atomic E-state index is -1.31. The Morgan fingerprint density at radius 1 is 0.712 bits per heavy atom. The molecule has 0 bridgehead atoms. The Balaban J connectivity index is 1.46. The van der Waals surface area contributed by atoms with Gasteiger partial charge in [-0.15, -0.1) is 0 Å². The minimum absolute atomic E-state index is 0.0225. The molecule has 4 aliphatic carbocycles. The van der Waals surface area contributed by atoms with Crippen LogP contribution in [0.1, 0.15) is 148 Å². The predicted molar refractivity (Wildman–Crippen MR) is 216 cm³/mol. The summed E-state index contributed by atoms with van der Waals surface area (Å²) in [6.45, 7) is 23.8. The van der Waals surface area contributed by atoms with E-state index in [1.807, 2.05) is 13.8 Å². The smallest absolute Gasteiger partial charge is 0.303 e.